The second kappa shape index (κ2) is 4.37. The lowest BCUT2D eigenvalue weighted by Crippen LogP contribution is -2.29. The molecule has 0 amide bonds. The van der Waals surface area contributed by atoms with Crippen LogP contribution in [0.4, 0.5) is 0 Å². The third kappa shape index (κ3) is 4.05. The van der Waals surface area contributed by atoms with E-state index >= 15 is 0 Å². The number of alkyl halides is 1. The van der Waals surface area contributed by atoms with Crippen molar-refractivity contribution in [3.63, 3.8) is 0 Å². The van der Waals surface area contributed by atoms with Gasteiger partial charge in [0.2, 0.25) is 0 Å². The molecular weight excluding hydrogens is 112 g/mol. The van der Waals surface area contributed by atoms with Crippen LogP contribution >= 0.6 is 11.6 Å². The van der Waals surface area contributed by atoms with Crippen molar-refractivity contribution in [3.05, 3.63) is 0 Å². The van der Waals surface area contributed by atoms with E-state index in [4.69, 9.17) is 23.1 Å². The molecule has 0 aliphatic rings. The fourth-order valence-corrected chi connectivity index (χ4v) is 0.538. The molecule has 1 unspecified atom stereocenters. The van der Waals surface area contributed by atoms with Gasteiger partial charge in [-0.3, -0.25) is 0 Å². The SMILES string of the molecule is NCC(N)CCCl. The molecule has 0 aromatic rings. The van der Waals surface area contributed by atoms with E-state index in [0.717, 1.165) is 6.42 Å². The van der Waals surface area contributed by atoms with E-state index < -0.39 is 0 Å². The largest absolute Gasteiger partial charge is 0.329 e. The van der Waals surface area contributed by atoms with Crippen molar-refractivity contribution in [3.8, 4) is 0 Å². The van der Waals surface area contributed by atoms with Crippen LogP contribution in [0.5, 0.6) is 0 Å². The molecule has 0 saturated heterocycles. The lowest BCUT2D eigenvalue weighted by atomic mass is 10.2. The van der Waals surface area contributed by atoms with Gasteiger partial charge in [-0.15, -0.1) is 11.6 Å². The molecule has 0 radical (unpaired) electrons. The highest BCUT2D eigenvalue weighted by Gasteiger charge is 1.94. The monoisotopic (exact) mass is 122 g/mol. The Morgan fingerprint density at radius 3 is 2.29 bits per heavy atom. The maximum absolute atomic E-state index is 5.37. The highest BCUT2D eigenvalue weighted by molar-refractivity contribution is 6.17. The number of hydrogen-bond donors (Lipinski definition) is 2. The molecule has 0 rings (SSSR count). The maximum atomic E-state index is 5.37. The predicted octanol–water partition coefficient (Wildman–Crippen LogP) is -0.0987. The average molecular weight is 123 g/mol. The van der Waals surface area contributed by atoms with Crippen LogP contribution in [0.25, 0.3) is 0 Å². The zero-order chi connectivity index (χ0) is 5.70. The summed E-state index contributed by atoms with van der Waals surface area (Å²) in [5.74, 6) is 0.609. The summed E-state index contributed by atoms with van der Waals surface area (Å²) in [4.78, 5) is 0. The van der Waals surface area contributed by atoms with E-state index in [9.17, 15) is 0 Å². The molecule has 0 fully saturated rings. The van der Waals surface area contributed by atoms with Crippen molar-refractivity contribution in [2.75, 3.05) is 12.4 Å². The summed E-state index contributed by atoms with van der Waals surface area (Å²) in [7, 11) is 0. The highest BCUT2D eigenvalue weighted by Crippen LogP contribution is 1.86. The minimum atomic E-state index is 0.0949. The Labute approximate surface area is 48.8 Å². The van der Waals surface area contributed by atoms with Crippen molar-refractivity contribution in [2.24, 2.45) is 11.5 Å². The minimum absolute atomic E-state index is 0.0949. The van der Waals surface area contributed by atoms with Gasteiger partial charge in [-0.1, -0.05) is 0 Å². The van der Waals surface area contributed by atoms with Gasteiger partial charge in [-0.25, -0.2) is 0 Å². The lowest BCUT2D eigenvalue weighted by molar-refractivity contribution is 0.663. The second-order valence-electron chi connectivity index (χ2n) is 1.47. The summed E-state index contributed by atoms with van der Waals surface area (Å²) in [5.41, 5.74) is 10.5. The van der Waals surface area contributed by atoms with Crippen LogP contribution in [0.15, 0.2) is 0 Å². The number of halogens is 1. The van der Waals surface area contributed by atoms with Crippen molar-refractivity contribution >= 4 is 11.6 Å². The Bertz CT molecular complexity index is 40.7. The minimum Gasteiger partial charge on any atom is -0.329 e. The normalized spacial score (nSPS) is 14.1. The number of rotatable bonds is 3. The summed E-state index contributed by atoms with van der Waals surface area (Å²) in [6.45, 7) is 0.534. The van der Waals surface area contributed by atoms with E-state index in [0.29, 0.717) is 12.4 Å². The van der Waals surface area contributed by atoms with Crippen LogP contribution in [0, 0.1) is 0 Å². The number of hydrogen-bond acceptors (Lipinski definition) is 2. The molecule has 0 spiro atoms. The zero-order valence-electron chi connectivity index (χ0n) is 4.23. The molecule has 0 aliphatic carbocycles. The topological polar surface area (TPSA) is 52.0 Å². The summed E-state index contributed by atoms with van der Waals surface area (Å²) in [5, 5.41) is 0. The lowest BCUT2D eigenvalue weighted by Gasteiger charge is -2.02. The first-order chi connectivity index (χ1) is 3.31. The Kier molecular flexibility index (Phi) is 4.50. The first-order valence-electron chi connectivity index (χ1n) is 2.33. The molecule has 7 heavy (non-hydrogen) atoms. The maximum Gasteiger partial charge on any atom is 0.0238 e. The fourth-order valence-electron chi connectivity index (χ4n) is 0.258. The molecule has 0 heterocycles. The van der Waals surface area contributed by atoms with Gasteiger partial charge in [0.25, 0.3) is 0 Å². The highest BCUT2D eigenvalue weighted by atomic mass is 35.5. The van der Waals surface area contributed by atoms with Gasteiger partial charge in [0.05, 0.1) is 0 Å². The molecule has 2 nitrogen and oxygen atoms in total. The first-order valence-corrected chi connectivity index (χ1v) is 2.86. The predicted molar refractivity (Wildman–Crippen MR) is 32.4 cm³/mol. The molecular formula is C4H11ClN2. The summed E-state index contributed by atoms with van der Waals surface area (Å²) in [6, 6.07) is 0.0949. The molecule has 0 saturated carbocycles. The van der Waals surface area contributed by atoms with E-state index in [-0.39, 0.29) is 6.04 Å². The Hall–Kier alpha value is 0.210. The van der Waals surface area contributed by atoms with Gasteiger partial charge in [0, 0.05) is 18.5 Å². The molecule has 0 aliphatic heterocycles. The zero-order valence-corrected chi connectivity index (χ0v) is 4.99. The Morgan fingerprint density at radius 1 is 1.57 bits per heavy atom. The quantitative estimate of drug-likeness (QED) is 0.514. The van der Waals surface area contributed by atoms with Gasteiger partial charge >= 0.3 is 0 Å². The van der Waals surface area contributed by atoms with E-state index in [1.54, 1.807) is 0 Å². The van der Waals surface area contributed by atoms with E-state index in [2.05, 4.69) is 0 Å². The number of nitrogens with two attached hydrogens (primary N) is 2. The summed E-state index contributed by atoms with van der Waals surface area (Å²) in [6.07, 6.45) is 0.818. The second-order valence-corrected chi connectivity index (χ2v) is 1.85. The molecule has 0 bridgehead atoms. The fraction of sp³-hybridized carbons (Fsp3) is 1.00. The average Bonchev–Trinajstić information content (AvgIpc) is 1.68. The molecule has 0 aromatic carbocycles. The molecule has 4 N–H and O–H groups in total. The van der Waals surface area contributed by atoms with Crippen molar-refractivity contribution in [1.29, 1.82) is 0 Å². The van der Waals surface area contributed by atoms with Crippen LogP contribution < -0.4 is 11.5 Å². The van der Waals surface area contributed by atoms with Gasteiger partial charge in [0.1, 0.15) is 0 Å². The first kappa shape index (κ1) is 7.21. The van der Waals surface area contributed by atoms with Crippen LogP contribution in [0.1, 0.15) is 6.42 Å². The molecule has 1 atom stereocenters. The Balaban J connectivity index is 2.83. The summed E-state index contributed by atoms with van der Waals surface area (Å²) >= 11 is 5.34. The van der Waals surface area contributed by atoms with Gasteiger partial charge in [0.15, 0.2) is 0 Å². The third-order valence-electron chi connectivity index (χ3n) is 0.783. The van der Waals surface area contributed by atoms with E-state index in [1.807, 2.05) is 0 Å². The standard InChI is InChI=1S/C4H11ClN2/c5-2-1-4(7)3-6/h4H,1-3,6-7H2. The third-order valence-corrected chi connectivity index (χ3v) is 1.00. The van der Waals surface area contributed by atoms with Crippen LogP contribution in [-0.4, -0.2) is 18.5 Å². The van der Waals surface area contributed by atoms with Gasteiger partial charge in [-0.2, -0.15) is 0 Å². The summed E-state index contributed by atoms with van der Waals surface area (Å²) < 4.78 is 0. The van der Waals surface area contributed by atoms with Gasteiger partial charge in [-0.05, 0) is 6.42 Å². The van der Waals surface area contributed by atoms with Crippen molar-refractivity contribution in [2.45, 2.75) is 12.5 Å². The van der Waals surface area contributed by atoms with Crippen LogP contribution in [0.2, 0.25) is 0 Å². The molecule has 44 valence electrons. The van der Waals surface area contributed by atoms with Crippen molar-refractivity contribution in [1.82, 2.24) is 0 Å². The smallest absolute Gasteiger partial charge is 0.0238 e. The van der Waals surface area contributed by atoms with Gasteiger partial charge < -0.3 is 11.5 Å². The molecule has 0 aromatic heterocycles. The van der Waals surface area contributed by atoms with Crippen LogP contribution in [0.3, 0.4) is 0 Å². The Morgan fingerprint density at radius 2 is 2.14 bits per heavy atom. The van der Waals surface area contributed by atoms with E-state index in [1.165, 1.54) is 0 Å². The van der Waals surface area contributed by atoms with Crippen LogP contribution in [-0.2, 0) is 0 Å². The molecule has 3 heteroatoms. The van der Waals surface area contributed by atoms with Crippen molar-refractivity contribution < 1.29 is 0 Å².